The van der Waals surface area contributed by atoms with Crippen molar-refractivity contribution in [1.82, 2.24) is 15.0 Å². The average molecular weight is 270 g/mol. The number of hydrogen-bond donors (Lipinski definition) is 0. The maximum atomic E-state index is 4.37. The molecule has 1 fully saturated rings. The second kappa shape index (κ2) is 5.37. The van der Waals surface area contributed by atoms with E-state index in [4.69, 9.17) is 0 Å². The Bertz CT molecular complexity index is 615. The summed E-state index contributed by atoms with van der Waals surface area (Å²) in [7, 11) is 0. The van der Waals surface area contributed by atoms with Gasteiger partial charge in [0, 0.05) is 30.9 Å². The molecule has 0 atom stereocenters. The second-order valence-corrected chi connectivity index (χ2v) is 5.53. The summed E-state index contributed by atoms with van der Waals surface area (Å²) in [5.74, 6) is 6.88. The average Bonchev–Trinajstić information content (AvgIpc) is 3.08. The monoisotopic (exact) mass is 270 g/mol. The molecule has 0 aliphatic carbocycles. The first-order valence-corrected chi connectivity index (χ1v) is 7.20. The Kier molecular flexibility index (Phi) is 3.43. The molecule has 0 bridgehead atoms. The minimum Gasteiger partial charge on any atom is -0.341 e. The first kappa shape index (κ1) is 12.1. The van der Waals surface area contributed by atoms with Crippen molar-refractivity contribution in [2.24, 2.45) is 0 Å². The van der Waals surface area contributed by atoms with Crippen molar-refractivity contribution in [2.45, 2.75) is 19.8 Å². The van der Waals surface area contributed by atoms with Crippen molar-refractivity contribution in [2.75, 3.05) is 18.0 Å². The number of rotatable bonds is 1. The highest BCUT2D eigenvalue weighted by Crippen LogP contribution is 2.14. The highest BCUT2D eigenvalue weighted by atomic mass is 32.1. The van der Waals surface area contributed by atoms with Crippen LogP contribution in [-0.4, -0.2) is 28.0 Å². The van der Waals surface area contributed by atoms with Gasteiger partial charge in [-0.05, 0) is 25.7 Å². The molecule has 0 radical (unpaired) electrons. The summed E-state index contributed by atoms with van der Waals surface area (Å²) < 4.78 is 0. The first-order chi connectivity index (χ1) is 9.31. The van der Waals surface area contributed by atoms with Crippen LogP contribution in [-0.2, 0) is 0 Å². The zero-order valence-electron chi connectivity index (χ0n) is 10.8. The molecule has 96 valence electrons. The largest absolute Gasteiger partial charge is 0.341 e. The van der Waals surface area contributed by atoms with Gasteiger partial charge in [0.05, 0.1) is 10.6 Å². The summed E-state index contributed by atoms with van der Waals surface area (Å²) in [4.78, 5) is 15.3. The Hall–Kier alpha value is -1.93. The van der Waals surface area contributed by atoms with Gasteiger partial charge < -0.3 is 4.90 Å². The quantitative estimate of drug-likeness (QED) is 0.745. The van der Waals surface area contributed by atoms with Crippen molar-refractivity contribution >= 4 is 17.3 Å². The van der Waals surface area contributed by atoms with Gasteiger partial charge in [-0.2, -0.15) is 0 Å². The van der Waals surface area contributed by atoms with Gasteiger partial charge in [-0.15, -0.1) is 11.3 Å². The normalized spacial score (nSPS) is 14.3. The first-order valence-electron chi connectivity index (χ1n) is 6.32. The SMILES string of the molecule is Cc1nc(C#Cc2cnc(N3CCCC3)nc2)cs1. The number of nitrogens with zero attached hydrogens (tertiary/aromatic N) is 4. The van der Waals surface area contributed by atoms with E-state index in [0.717, 1.165) is 35.3 Å². The predicted octanol–water partition coefficient (Wildman–Crippen LogP) is 2.24. The van der Waals surface area contributed by atoms with Crippen LogP contribution in [0.15, 0.2) is 17.8 Å². The molecule has 1 aliphatic heterocycles. The Morgan fingerprint density at radius 2 is 1.89 bits per heavy atom. The third-order valence-corrected chi connectivity index (χ3v) is 3.75. The molecule has 0 unspecified atom stereocenters. The maximum absolute atomic E-state index is 4.37. The van der Waals surface area contributed by atoms with E-state index in [-0.39, 0.29) is 0 Å². The van der Waals surface area contributed by atoms with Gasteiger partial charge >= 0.3 is 0 Å². The van der Waals surface area contributed by atoms with Gasteiger partial charge in [0.25, 0.3) is 0 Å². The van der Waals surface area contributed by atoms with Crippen LogP contribution < -0.4 is 4.90 Å². The molecule has 1 aliphatic rings. The van der Waals surface area contributed by atoms with E-state index in [1.807, 2.05) is 12.3 Å². The van der Waals surface area contributed by atoms with E-state index in [0.29, 0.717) is 0 Å². The fraction of sp³-hybridized carbons (Fsp3) is 0.357. The van der Waals surface area contributed by atoms with Gasteiger partial charge in [-0.25, -0.2) is 15.0 Å². The number of anilines is 1. The fourth-order valence-electron chi connectivity index (χ4n) is 2.02. The second-order valence-electron chi connectivity index (χ2n) is 4.47. The molecule has 0 saturated carbocycles. The van der Waals surface area contributed by atoms with Crippen molar-refractivity contribution in [3.8, 4) is 11.8 Å². The van der Waals surface area contributed by atoms with Gasteiger partial charge in [0.1, 0.15) is 5.69 Å². The third kappa shape index (κ3) is 2.91. The summed E-state index contributed by atoms with van der Waals surface area (Å²) in [6.45, 7) is 4.09. The van der Waals surface area contributed by atoms with Crippen LogP contribution in [0.2, 0.25) is 0 Å². The Balaban J connectivity index is 1.74. The lowest BCUT2D eigenvalue weighted by atomic mass is 10.3. The molecule has 0 amide bonds. The van der Waals surface area contributed by atoms with E-state index in [1.54, 1.807) is 23.7 Å². The van der Waals surface area contributed by atoms with Crippen LogP contribution in [0.1, 0.15) is 29.1 Å². The molecule has 1 saturated heterocycles. The zero-order chi connectivity index (χ0) is 13.1. The lowest BCUT2D eigenvalue weighted by Crippen LogP contribution is -2.20. The molecule has 0 N–H and O–H groups in total. The summed E-state index contributed by atoms with van der Waals surface area (Å²) in [6.07, 6.45) is 6.03. The Morgan fingerprint density at radius 1 is 1.16 bits per heavy atom. The van der Waals surface area contributed by atoms with E-state index in [2.05, 4.69) is 31.7 Å². The maximum Gasteiger partial charge on any atom is 0.225 e. The van der Waals surface area contributed by atoms with Gasteiger partial charge in [-0.1, -0.05) is 5.92 Å². The number of aryl methyl sites for hydroxylation is 1. The van der Waals surface area contributed by atoms with Crippen molar-refractivity contribution in [3.05, 3.63) is 34.0 Å². The number of aromatic nitrogens is 3. The van der Waals surface area contributed by atoms with E-state index < -0.39 is 0 Å². The molecule has 2 aromatic heterocycles. The zero-order valence-corrected chi connectivity index (χ0v) is 11.6. The Morgan fingerprint density at radius 3 is 2.53 bits per heavy atom. The summed E-state index contributed by atoms with van der Waals surface area (Å²) in [5, 5.41) is 2.99. The van der Waals surface area contributed by atoms with E-state index in [9.17, 15) is 0 Å². The van der Waals surface area contributed by atoms with Crippen molar-refractivity contribution in [1.29, 1.82) is 0 Å². The van der Waals surface area contributed by atoms with Crippen LogP contribution in [0.4, 0.5) is 5.95 Å². The third-order valence-electron chi connectivity index (χ3n) is 2.98. The molecular weight excluding hydrogens is 256 g/mol. The highest BCUT2D eigenvalue weighted by molar-refractivity contribution is 7.09. The Labute approximate surface area is 116 Å². The molecule has 5 heteroatoms. The van der Waals surface area contributed by atoms with Crippen LogP contribution in [0.5, 0.6) is 0 Å². The van der Waals surface area contributed by atoms with Crippen LogP contribution in [0.25, 0.3) is 0 Å². The fourth-order valence-corrected chi connectivity index (χ4v) is 2.57. The molecular formula is C14H14N4S. The number of thiazole rings is 1. The van der Waals surface area contributed by atoms with Gasteiger partial charge in [0.2, 0.25) is 5.95 Å². The molecule has 0 spiro atoms. The highest BCUT2D eigenvalue weighted by Gasteiger charge is 2.13. The standard InChI is InChI=1S/C14H14N4S/c1-11-17-13(10-19-11)5-4-12-8-15-14(16-9-12)18-6-2-3-7-18/h8-10H,2-3,6-7H2,1H3. The topological polar surface area (TPSA) is 41.9 Å². The van der Waals surface area contributed by atoms with Crippen LogP contribution in [0.3, 0.4) is 0 Å². The van der Waals surface area contributed by atoms with Gasteiger partial charge in [0.15, 0.2) is 0 Å². The summed E-state index contributed by atoms with van der Waals surface area (Å²) >= 11 is 1.61. The minimum atomic E-state index is 0.811. The molecule has 2 aromatic rings. The lowest BCUT2D eigenvalue weighted by Gasteiger charge is -2.13. The van der Waals surface area contributed by atoms with Crippen LogP contribution >= 0.6 is 11.3 Å². The smallest absolute Gasteiger partial charge is 0.225 e. The lowest BCUT2D eigenvalue weighted by molar-refractivity contribution is 0.897. The summed E-state index contributed by atoms with van der Waals surface area (Å²) in [5.41, 5.74) is 1.64. The molecule has 4 nitrogen and oxygen atoms in total. The predicted molar refractivity (Wildman–Crippen MR) is 76.3 cm³/mol. The molecule has 3 rings (SSSR count). The molecule has 0 aromatic carbocycles. The minimum absolute atomic E-state index is 0.811. The number of hydrogen-bond acceptors (Lipinski definition) is 5. The van der Waals surface area contributed by atoms with E-state index in [1.165, 1.54) is 12.8 Å². The van der Waals surface area contributed by atoms with Crippen molar-refractivity contribution < 1.29 is 0 Å². The van der Waals surface area contributed by atoms with E-state index >= 15 is 0 Å². The molecule has 19 heavy (non-hydrogen) atoms. The van der Waals surface area contributed by atoms with Gasteiger partial charge in [-0.3, -0.25) is 0 Å². The van der Waals surface area contributed by atoms with Crippen LogP contribution in [0, 0.1) is 18.8 Å². The van der Waals surface area contributed by atoms with Crippen molar-refractivity contribution in [3.63, 3.8) is 0 Å². The molecule has 3 heterocycles. The summed E-state index contributed by atoms with van der Waals surface area (Å²) in [6, 6.07) is 0.